The summed E-state index contributed by atoms with van der Waals surface area (Å²) in [6.45, 7) is 3.72. The van der Waals surface area contributed by atoms with Gasteiger partial charge in [0, 0.05) is 16.8 Å². The van der Waals surface area contributed by atoms with E-state index >= 15 is 0 Å². The van der Waals surface area contributed by atoms with Gasteiger partial charge in [-0.15, -0.1) is 0 Å². The van der Waals surface area contributed by atoms with Crippen LogP contribution in [0.25, 0.3) is 0 Å². The Hall–Kier alpha value is -5.34. The number of fused-ring (bicyclic) bond motifs is 5. The van der Waals surface area contributed by atoms with Gasteiger partial charge in [0.25, 0.3) is 11.8 Å². The molecule has 3 aromatic carbocycles. The van der Waals surface area contributed by atoms with Crippen molar-refractivity contribution in [1.29, 1.82) is 0 Å². The maximum Gasteiger partial charge on any atom is 0.490 e. The summed E-state index contributed by atoms with van der Waals surface area (Å²) in [5, 5.41) is 10.3. The Morgan fingerprint density at radius 2 is 1.74 bits per heavy atom. The van der Waals surface area contributed by atoms with Crippen molar-refractivity contribution >= 4 is 29.3 Å². The fourth-order valence-electron chi connectivity index (χ4n) is 3.53. The van der Waals surface area contributed by atoms with Crippen LogP contribution < -0.4 is 31.4 Å². The molecule has 2 heterocycles. The Morgan fingerprint density at radius 3 is 2.35 bits per heavy atom. The van der Waals surface area contributed by atoms with E-state index in [4.69, 9.17) is 25.1 Å². The first-order valence-electron chi connectivity index (χ1n) is 12.5. The van der Waals surface area contributed by atoms with Crippen molar-refractivity contribution in [3.63, 3.8) is 0 Å². The van der Waals surface area contributed by atoms with E-state index in [2.05, 4.69) is 21.2 Å². The lowest BCUT2D eigenvalue weighted by Gasteiger charge is -2.22. The van der Waals surface area contributed by atoms with Crippen LogP contribution in [0.1, 0.15) is 41.4 Å². The zero-order valence-electron chi connectivity index (χ0n) is 22.7. The average molecular weight is 606 g/mol. The summed E-state index contributed by atoms with van der Waals surface area (Å²) in [5.41, 5.74) is 12.7. The smallest absolute Gasteiger partial charge is 0.487 e. The first-order valence-corrected chi connectivity index (χ1v) is 12.5. The number of alkyl halides is 3. The lowest BCUT2D eigenvalue weighted by atomic mass is 10.0. The molecule has 6 N–H and O–H groups in total. The standard InChI is InChI=1S/C26H26FN5O4.C2HF3O2/c1-15(2)36-21-11-8-17-13-22(21)35-14-29-24(28)16-6-9-20(10-7-16)30-23(17)26(34)32-31-25(33)18-4-3-5-19(27)12-18;3-2(4,5)1(6)7/h3-13,15,23,30H,14H2,1-2H3,(H2,28,29)(H,31,33)(H,32,34);(H,6,7). The summed E-state index contributed by atoms with van der Waals surface area (Å²) in [6.07, 6.45) is -5.19. The lowest BCUT2D eigenvalue weighted by Crippen LogP contribution is -2.45. The molecule has 5 rings (SSSR count). The van der Waals surface area contributed by atoms with Gasteiger partial charge in [-0.1, -0.05) is 12.1 Å². The third-order valence-corrected chi connectivity index (χ3v) is 5.50. The number of aliphatic carboxylic acids is 1. The number of hydrogen-bond donors (Lipinski definition) is 5. The van der Waals surface area contributed by atoms with E-state index in [1.165, 1.54) is 18.2 Å². The molecule has 4 bridgehead atoms. The minimum Gasteiger partial charge on any atom is -0.487 e. The summed E-state index contributed by atoms with van der Waals surface area (Å²) in [6, 6.07) is 16.4. The average Bonchev–Trinajstić information content (AvgIpc) is 2.96. The highest BCUT2D eigenvalue weighted by Crippen LogP contribution is 2.33. The van der Waals surface area contributed by atoms with Gasteiger partial charge in [-0.05, 0) is 74.0 Å². The second kappa shape index (κ2) is 14.0. The quantitative estimate of drug-likeness (QED) is 0.221. The molecule has 11 nitrogen and oxygen atoms in total. The predicted molar refractivity (Wildman–Crippen MR) is 147 cm³/mol. The third-order valence-electron chi connectivity index (χ3n) is 5.50. The van der Waals surface area contributed by atoms with Gasteiger partial charge in [0.15, 0.2) is 18.2 Å². The number of hydrogen-bond acceptors (Lipinski definition) is 8. The fraction of sp³-hybridized carbons (Fsp3) is 0.214. The molecule has 0 spiro atoms. The normalized spacial score (nSPS) is 15.4. The van der Waals surface area contributed by atoms with Crippen molar-refractivity contribution in [1.82, 2.24) is 10.9 Å². The summed E-state index contributed by atoms with van der Waals surface area (Å²) in [4.78, 5) is 38.8. The van der Waals surface area contributed by atoms with Crippen molar-refractivity contribution in [2.75, 3.05) is 12.0 Å². The van der Waals surface area contributed by atoms with Crippen molar-refractivity contribution in [3.05, 3.63) is 89.2 Å². The molecular formula is C28H27F4N5O6. The number of amides is 2. The Morgan fingerprint density at radius 1 is 1.07 bits per heavy atom. The van der Waals surface area contributed by atoms with Crippen molar-refractivity contribution < 1.29 is 46.5 Å². The minimum absolute atomic E-state index is 0.0561. The van der Waals surface area contributed by atoms with Crippen LogP contribution in [0.15, 0.2) is 71.7 Å². The number of benzene rings is 3. The van der Waals surface area contributed by atoms with Gasteiger partial charge in [-0.3, -0.25) is 20.4 Å². The summed E-state index contributed by atoms with van der Waals surface area (Å²) >= 11 is 0. The summed E-state index contributed by atoms with van der Waals surface area (Å²) in [5.74, 6) is -3.37. The Labute approximate surface area is 242 Å². The van der Waals surface area contributed by atoms with Gasteiger partial charge >= 0.3 is 12.1 Å². The molecular weight excluding hydrogens is 578 g/mol. The van der Waals surface area contributed by atoms with Crippen molar-refractivity contribution in [2.24, 2.45) is 10.7 Å². The molecule has 0 aromatic heterocycles. The molecule has 3 aromatic rings. The van der Waals surface area contributed by atoms with Gasteiger partial charge in [-0.25, -0.2) is 14.2 Å². The molecule has 2 aliphatic rings. The lowest BCUT2D eigenvalue weighted by molar-refractivity contribution is -0.192. The van der Waals surface area contributed by atoms with E-state index in [1.807, 2.05) is 13.8 Å². The summed E-state index contributed by atoms with van der Waals surface area (Å²) < 4.78 is 56.9. The number of anilines is 1. The monoisotopic (exact) mass is 605 g/mol. The Balaban J connectivity index is 0.000000646. The van der Waals surface area contributed by atoms with E-state index in [1.54, 1.807) is 42.5 Å². The molecule has 2 amide bonds. The first-order chi connectivity index (χ1) is 20.2. The molecule has 0 saturated carbocycles. The minimum atomic E-state index is -5.08. The van der Waals surface area contributed by atoms with Crippen LogP contribution in [0.3, 0.4) is 0 Å². The number of carbonyl (C=O) groups is 3. The largest absolute Gasteiger partial charge is 0.490 e. The maximum atomic E-state index is 13.5. The number of nitrogens with zero attached hydrogens (tertiary/aromatic N) is 1. The molecule has 228 valence electrons. The number of aliphatic imine (C=N–C) groups is 1. The van der Waals surface area contributed by atoms with Gasteiger partial charge in [-0.2, -0.15) is 13.2 Å². The molecule has 43 heavy (non-hydrogen) atoms. The molecule has 0 radical (unpaired) electrons. The highest BCUT2D eigenvalue weighted by molar-refractivity contribution is 5.98. The SMILES string of the molecule is CC(C)Oc1ccc2cc1OC/N=C(/N)c1ccc(cc1)NC2C(=O)NNC(=O)c1cccc(F)c1.O=C(O)C(F)(F)F. The number of hydrazine groups is 1. The zero-order valence-corrected chi connectivity index (χ0v) is 22.7. The third kappa shape index (κ3) is 9.34. The topological polar surface area (TPSA) is 164 Å². The molecule has 0 fully saturated rings. The number of carbonyl (C=O) groups excluding carboxylic acids is 2. The number of nitrogens with two attached hydrogens (primary N) is 1. The van der Waals surface area contributed by atoms with Crippen LogP contribution in [-0.4, -0.2) is 47.7 Å². The van der Waals surface area contributed by atoms with E-state index in [0.717, 1.165) is 6.07 Å². The summed E-state index contributed by atoms with van der Waals surface area (Å²) in [7, 11) is 0. The van der Waals surface area contributed by atoms with E-state index in [-0.39, 0.29) is 18.4 Å². The highest BCUT2D eigenvalue weighted by atomic mass is 19.4. The van der Waals surface area contributed by atoms with Crippen molar-refractivity contribution in [2.45, 2.75) is 32.2 Å². The van der Waals surface area contributed by atoms with Crippen LogP contribution in [0.4, 0.5) is 23.2 Å². The van der Waals surface area contributed by atoms with Gasteiger partial charge in [0.05, 0.1) is 6.10 Å². The number of halogens is 4. The van der Waals surface area contributed by atoms with Crippen LogP contribution in [0.5, 0.6) is 11.5 Å². The molecule has 0 saturated heterocycles. The molecule has 1 atom stereocenters. The number of amidine groups is 1. The van der Waals surface area contributed by atoms with Crippen LogP contribution in [0.2, 0.25) is 0 Å². The highest BCUT2D eigenvalue weighted by Gasteiger charge is 2.38. The number of carboxylic acid groups (broad SMARTS) is 1. The van der Waals surface area contributed by atoms with E-state index < -0.39 is 35.8 Å². The number of rotatable bonds is 4. The maximum absolute atomic E-state index is 13.5. The van der Waals surface area contributed by atoms with Gasteiger partial charge in [0.2, 0.25) is 0 Å². The molecule has 2 aliphatic heterocycles. The number of ether oxygens (including phenoxy) is 2. The fourth-order valence-corrected chi connectivity index (χ4v) is 3.53. The first kappa shape index (κ1) is 32.2. The second-order valence-electron chi connectivity index (χ2n) is 9.10. The van der Waals surface area contributed by atoms with Crippen LogP contribution >= 0.6 is 0 Å². The van der Waals surface area contributed by atoms with Crippen LogP contribution in [0, 0.1) is 5.82 Å². The van der Waals surface area contributed by atoms with Gasteiger partial charge < -0.3 is 25.6 Å². The van der Waals surface area contributed by atoms with E-state index in [0.29, 0.717) is 34.1 Å². The van der Waals surface area contributed by atoms with Crippen LogP contribution in [-0.2, 0) is 9.59 Å². The molecule has 0 aliphatic carbocycles. The van der Waals surface area contributed by atoms with Gasteiger partial charge in [0.1, 0.15) is 17.7 Å². The second-order valence-corrected chi connectivity index (χ2v) is 9.10. The van der Waals surface area contributed by atoms with Crippen molar-refractivity contribution in [3.8, 4) is 11.5 Å². The number of carboxylic acids is 1. The zero-order chi connectivity index (χ0) is 31.7. The molecule has 1 unspecified atom stereocenters. The number of nitrogens with one attached hydrogen (secondary N) is 3. The predicted octanol–water partition coefficient (Wildman–Crippen LogP) is 3.92. The molecule has 15 heteroatoms. The Bertz CT molecular complexity index is 1500. The van der Waals surface area contributed by atoms with E-state index in [9.17, 15) is 27.2 Å². The Kier molecular flexibility index (Phi) is 10.5.